The maximum absolute atomic E-state index is 12.7. The number of morpholine rings is 1. The molecule has 2 aromatic carbocycles. The summed E-state index contributed by atoms with van der Waals surface area (Å²) in [6.45, 7) is 7.61. The Morgan fingerprint density at radius 2 is 1.64 bits per heavy atom. The van der Waals surface area contributed by atoms with Crippen molar-refractivity contribution in [2.24, 2.45) is 0 Å². The number of rotatable bonds is 5. The largest absolute Gasteiger partial charge is 0.422 e. The van der Waals surface area contributed by atoms with Gasteiger partial charge in [0, 0.05) is 36.1 Å². The van der Waals surface area contributed by atoms with Gasteiger partial charge in [-0.2, -0.15) is 0 Å². The summed E-state index contributed by atoms with van der Waals surface area (Å²) < 4.78 is 11.1. The monoisotopic (exact) mass is 446 g/mol. The van der Waals surface area contributed by atoms with Crippen LogP contribution in [0.5, 0.6) is 0 Å². The average molecular weight is 447 g/mol. The van der Waals surface area contributed by atoms with E-state index in [2.05, 4.69) is 11.0 Å². The zero-order chi connectivity index (χ0) is 22.8. The molecule has 1 aromatic heterocycles. The van der Waals surface area contributed by atoms with Gasteiger partial charge in [0.05, 0.1) is 13.2 Å². The fourth-order valence-electron chi connectivity index (χ4n) is 4.89. The van der Waals surface area contributed by atoms with Gasteiger partial charge in [-0.1, -0.05) is 24.3 Å². The number of hydrogen-bond donors (Lipinski definition) is 0. The minimum atomic E-state index is -0.234. The van der Waals surface area contributed by atoms with Crippen LogP contribution >= 0.6 is 0 Å². The summed E-state index contributed by atoms with van der Waals surface area (Å²) in [7, 11) is 0. The van der Waals surface area contributed by atoms with Crippen LogP contribution in [0.1, 0.15) is 34.3 Å². The molecule has 0 N–H and O–H groups in total. The summed E-state index contributed by atoms with van der Waals surface area (Å²) >= 11 is 0. The first-order valence-corrected chi connectivity index (χ1v) is 11.9. The van der Waals surface area contributed by atoms with Crippen LogP contribution in [0.3, 0.4) is 0 Å². The van der Waals surface area contributed by atoms with Gasteiger partial charge in [-0.25, -0.2) is 4.79 Å². The van der Waals surface area contributed by atoms with Gasteiger partial charge in [0.15, 0.2) is 0 Å². The van der Waals surface area contributed by atoms with E-state index in [4.69, 9.17) is 9.15 Å². The van der Waals surface area contributed by atoms with Gasteiger partial charge in [0.1, 0.15) is 5.58 Å². The minimum Gasteiger partial charge on any atom is -0.422 e. The Hall–Kier alpha value is -2.96. The smallest absolute Gasteiger partial charge is 0.339 e. The quantitative estimate of drug-likeness (QED) is 0.557. The lowest BCUT2D eigenvalue weighted by Crippen LogP contribution is -2.40. The van der Waals surface area contributed by atoms with Crippen molar-refractivity contribution in [3.63, 3.8) is 0 Å². The molecule has 0 aliphatic carbocycles. The van der Waals surface area contributed by atoms with E-state index < -0.39 is 0 Å². The van der Waals surface area contributed by atoms with E-state index in [1.807, 2.05) is 48.2 Å². The van der Waals surface area contributed by atoms with E-state index in [-0.39, 0.29) is 11.5 Å². The van der Waals surface area contributed by atoms with Crippen LogP contribution in [0.4, 0.5) is 0 Å². The second kappa shape index (κ2) is 9.49. The molecule has 0 bridgehead atoms. The zero-order valence-electron chi connectivity index (χ0n) is 19.1. The average Bonchev–Trinajstić information content (AvgIpc) is 3.37. The highest BCUT2D eigenvalue weighted by Crippen LogP contribution is 2.27. The predicted octanol–water partition coefficient (Wildman–Crippen LogP) is 3.88. The fraction of sp³-hybridized carbons (Fsp3) is 0.407. The molecule has 2 aliphatic rings. The molecule has 3 aromatic rings. The molecule has 0 spiro atoms. The van der Waals surface area contributed by atoms with Gasteiger partial charge in [-0.05, 0) is 74.2 Å². The van der Waals surface area contributed by atoms with E-state index >= 15 is 0 Å². The lowest BCUT2D eigenvalue weighted by molar-refractivity contribution is 0.0303. The van der Waals surface area contributed by atoms with Crippen LogP contribution in [0, 0.1) is 6.92 Å². The molecule has 1 amide bonds. The molecule has 5 rings (SSSR count). The number of ether oxygens (including phenoxy) is 1. The highest BCUT2D eigenvalue weighted by Gasteiger charge is 2.19. The van der Waals surface area contributed by atoms with Crippen LogP contribution in [-0.2, 0) is 11.2 Å². The van der Waals surface area contributed by atoms with Crippen LogP contribution in [0.25, 0.3) is 22.1 Å². The Morgan fingerprint density at radius 1 is 0.939 bits per heavy atom. The third-order valence-corrected chi connectivity index (χ3v) is 6.93. The predicted molar refractivity (Wildman–Crippen MR) is 129 cm³/mol. The number of carbonyl (C=O) groups is 1. The first-order valence-electron chi connectivity index (χ1n) is 11.9. The van der Waals surface area contributed by atoms with Gasteiger partial charge in [-0.15, -0.1) is 0 Å². The Bertz CT molecular complexity index is 1200. The number of benzene rings is 2. The maximum Gasteiger partial charge on any atom is 0.339 e. The molecular weight excluding hydrogens is 416 g/mol. The first-order chi connectivity index (χ1) is 16.1. The first kappa shape index (κ1) is 21.9. The van der Waals surface area contributed by atoms with E-state index in [0.717, 1.165) is 53.7 Å². The van der Waals surface area contributed by atoms with E-state index in [0.29, 0.717) is 37.4 Å². The lowest BCUT2D eigenvalue weighted by Gasteiger charge is -2.26. The summed E-state index contributed by atoms with van der Waals surface area (Å²) in [6, 6.07) is 13.6. The fourth-order valence-corrected chi connectivity index (χ4v) is 4.89. The lowest BCUT2D eigenvalue weighted by atomic mass is 9.99. The van der Waals surface area contributed by atoms with Gasteiger partial charge < -0.3 is 19.0 Å². The van der Waals surface area contributed by atoms with Crippen molar-refractivity contribution in [1.82, 2.24) is 9.80 Å². The number of aryl methyl sites for hydroxylation is 1. The van der Waals surface area contributed by atoms with Crippen LogP contribution in [-0.4, -0.2) is 61.6 Å². The number of fused-ring (bicyclic) bond motifs is 1. The maximum atomic E-state index is 12.7. The summed E-state index contributed by atoms with van der Waals surface area (Å²) in [4.78, 5) is 29.7. The van der Waals surface area contributed by atoms with Crippen LogP contribution in [0.15, 0.2) is 51.7 Å². The van der Waals surface area contributed by atoms with E-state index in [9.17, 15) is 9.59 Å². The standard InChI is InChI=1S/C27H30N2O4/c1-19-23-9-8-22(18-25(23)33-27(31)24(19)10-13-28-11-2-3-12-28)20-4-6-21(7-5-20)26(30)29-14-16-32-17-15-29/h4-9,18H,2-3,10-17H2,1H3. The number of carbonyl (C=O) groups excluding carboxylic acids is 1. The molecular formula is C27H30N2O4. The Kier molecular flexibility index (Phi) is 6.29. The number of likely N-dealkylation sites (tertiary alicyclic amines) is 1. The molecule has 2 fully saturated rings. The zero-order valence-corrected chi connectivity index (χ0v) is 19.1. The third kappa shape index (κ3) is 4.59. The van der Waals surface area contributed by atoms with Crippen molar-refractivity contribution < 1.29 is 13.9 Å². The SMILES string of the molecule is Cc1c(CCN2CCCC2)c(=O)oc2cc(-c3ccc(C(=O)N4CCOCC4)cc3)ccc12. The van der Waals surface area contributed by atoms with Crippen molar-refractivity contribution in [1.29, 1.82) is 0 Å². The number of amides is 1. The van der Waals surface area contributed by atoms with Gasteiger partial charge in [0.25, 0.3) is 5.91 Å². The summed E-state index contributed by atoms with van der Waals surface area (Å²) in [5, 5.41) is 0.980. The molecule has 0 radical (unpaired) electrons. The van der Waals surface area contributed by atoms with Gasteiger partial charge in [0.2, 0.25) is 0 Å². The minimum absolute atomic E-state index is 0.0337. The normalized spacial score (nSPS) is 17.1. The molecule has 6 nitrogen and oxygen atoms in total. The summed E-state index contributed by atoms with van der Waals surface area (Å²) in [5.74, 6) is 0.0337. The number of nitrogens with zero attached hydrogens (tertiary/aromatic N) is 2. The summed E-state index contributed by atoms with van der Waals surface area (Å²) in [5.41, 5.74) is 4.78. The third-order valence-electron chi connectivity index (χ3n) is 6.93. The van der Waals surface area contributed by atoms with Crippen molar-refractivity contribution >= 4 is 16.9 Å². The van der Waals surface area contributed by atoms with Crippen molar-refractivity contribution in [3.05, 3.63) is 69.6 Å². The Labute approximate surface area is 193 Å². The Balaban J connectivity index is 1.37. The Morgan fingerprint density at radius 3 is 2.36 bits per heavy atom. The molecule has 2 aliphatic heterocycles. The molecule has 2 saturated heterocycles. The highest BCUT2D eigenvalue weighted by molar-refractivity contribution is 5.95. The molecule has 0 saturated carbocycles. The molecule has 0 unspecified atom stereocenters. The topological polar surface area (TPSA) is 63.0 Å². The van der Waals surface area contributed by atoms with E-state index in [1.165, 1.54) is 12.8 Å². The highest BCUT2D eigenvalue weighted by atomic mass is 16.5. The number of hydrogen-bond acceptors (Lipinski definition) is 5. The van der Waals surface area contributed by atoms with Crippen molar-refractivity contribution in [2.45, 2.75) is 26.2 Å². The van der Waals surface area contributed by atoms with Crippen molar-refractivity contribution in [2.75, 3.05) is 45.9 Å². The molecule has 33 heavy (non-hydrogen) atoms. The summed E-state index contributed by atoms with van der Waals surface area (Å²) in [6.07, 6.45) is 3.22. The second-order valence-electron chi connectivity index (χ2n) is 8.98. The van der Waals surface area contributed by atoms with Crippen LogP contribution in [0.2, 0.25) is 0 Å². The molecule has 3 heterocycles. The van der Waals surface area contributed by atoms with E-state index in [1.54, 1.807) is 0 Å². The van der Waals surface area contributed by atoms with Gasteiger partial charge in [-0.3, -0.25) is 4.79 Å². The van der Waals surface area contributed by atoms with Gasteiger partial charge >= 0.3 is 5.63 Å². The van der Waals surface area contributed by atoms with Crippen molar-refractivity contribution in [3.8, 4) is 11.1 Å². The molecule has 6 heteroatoms. The second-order valence-corrected chi connectivity index (χ2v) is 8.98. The molecule has 172 valence electrons. The molecule has 0 atom stereocenters. The van der Waals surface area contributed by atoms with Crippen LogP contribution < -0.4 is 5.63 Å².